The van der Waals surface area contributed by atoms with Crippen LogP contribution in [0.3, 0.4) is 0 Å². The molecule has 1 fully saturated rings. The Kier molecular flexibility index (Phi) is 18.4. The van der Waals surface area contributed by atoms with Crippen molar-refractivity contribution in [1.82, 2.24) is 25.4 Å². The zero-order chi connectivity index (χ0) is 38.2. The molecule has 0 saturated carbocycles. The lowest BCUT2D eigenvalue weighted by atomic mass is 9.92. The smallest absolute Gasteiger partial charge is 0.270 e. The van der Waals surface area contributed by atoms with Crippen molar-refractivity contribution < 1.29 is 23.9 Å². The van der Waals surface area contributed by atoms with E-state index in [1.807, 2.05) is 56.1 Å². The summed E-state index contributed by atoms with van der Waals surface area (Å²) in [5.41, 5.74) is 1.40. The number of carbonyl (C=O) groups is 4. The summed E-state index contributed by atoms with van der Waals surface area (Å²) in [6, 6.07) is 8.67. The molecule has 1 aliphatic rings. The van der Waals surface area contributed by atoms with Gasteiger partial charge in [-0.05, 0) is 69.5 Å². The highest BCUT2D eigenvalue weighted by Gasteiger charge is 2.38. The molecule has 3 rings (SSSR count). The quantitative estimate of drug-likeness (QED) is 0.127. The number of amides is 3. The van der Waals surface area contributed by atoms with Crippen molar-refractivity contribution in [3.05, 3.63) is 52.0 Å². The Balaban J connectivity index is 1.85. The fourth-order valence-corrected chi connectivity index (χ4v) is 7.93. The van der Waals surface area contributed by atoms with Crippen LogP contribution < -0.4 is 10.6 Å². The number of likely N-dealkylation sites (tertiary alicyclic amines) is 1. The predicted octanol–water partition coefficient (Wildman–Crippen LogP) is 6.85. The fourth-order valence-electron chi connectivity index (χ4n) is 7.07. The number of piperidine rings is 1. The van der Waals surface area contributed by atoms with Crippen molar-refractivity contribution in [1.29, 1.82) is 0 Å². The summed E-state index contributed by atoms with van der Waals surface area (Å²) >= 11 is 1.39. The van der Waals surface area contributed by atoms with Gasteiger partial charge in [0.25, 0.3) is 5.91 Å². The van der Waals surface area contributed by atoms with Crippen LogP contribution in [0.4, 0.5) is 0 Å². The van der Waals surface area contributed by atoms with E-state index in [1.54, 1.807) is 5.38 Å². The van der Waals surface area contributed by atoms with Gasteiger partial charge < -0.3 is 25.1 Å². The van der Waals surface area contributed by atoms with Gasteiger partial charge in [-0.15, -0.1) is 11.3 Å². The van der Waals surface area contributed by atoms with E-state index in [4.69, 9.17) is 9.72 Å². The second-order valence-corrected chi connectivity index (χ2v) is 16.0. The number of carbonyl (C=O) groups excluding carboxylic acids is 4. The van der Waals surface area contributed by atoms with Crippen molar-refractivity contribution in [2.24, 2.45) is 17.8 Å². The zero-order valence-electron chi connectivity index (χ0n) is 32.9. The molecular formula is C41H65N5O5S. The molecule has 3 amide bonds. The minimum atomic E-state index is -0.628. The number of hydrogen-bond acceptors (Lipinski definition) is 8. The molecular weight excluding hydrogens is 675 g/mol. The van der Waals surface area contributed by atoms with Crippen LogP contribution in [-0.4, -0.2) is 89.7 Å². The Morgan fingerprint density at radius 3 is 2.38 bits per heavy atom. The molecule has 2 aromatic rings. The van der Waals surface area contributed by atoms with Crippen LogP contribution in [0.25, 0.3) is 0 Å². The number of aromatic nitrogens is 1. The topological polar surface area (TPSA) is 121 Å². The first-order chi connectivity index (χ1) is 24.9. The first kappa shape index (κ1) is 43.3. The average molecular weight is 740 g/mol. The van der Waals surface area contributed by atoms with Gasteiger partial charge in [-0.25, -0.2) is 4.98 Å². The van der Waals surface area contributed by atoms with E-state index >= 15 is 0 Å². The highest BCUT2D eigenvalue weighted by atomic mass is 32.1. The van der Waals surface area contributed by atoms with Gasteiger partial charge in [0.2, 0.25) is 11.8 Å². The molecule has 290 valence electrons. The Hall–Kier alpha value is -3.15. The molecule has 0 bridgehead atoms. The number of nitrogens with zero attached hydrogens (tertiary/aromatic N) is 3. The zero-order valence-corrected chi connectivity index (χ0v) is 33.8. The standard InChI is InChI=1S/C41H65N5O5S/c1-9-20-46(41(50)37(30(7)11-3)44-39(49)34-19-15-16-21-45(34)8)35(28(4)5)25-36(51-22-10-2)40-43-33(27-52-40)38(48)42-32(23-29(6)26-47)24-31-17-13-12-14-18-31/h12-14,17-18,26-30,32,34-37H,9-11,15-16,19-25H2,1-8H3,(H,42,48)(H,44,49)/t29-,30-,32+,34+,35?,36+,37-/m0/s1. The third kappa shape index (κ3) is 12.8. The van der Waals surface area contributed by atoms with Gasteiger partial charge in [0.05, 0.1) is 6.04 Å². The maximum absolute atomic E-state index is 14.6. The highest BCUT2D eigenvalue weighted by Crippen LogP contribution is 2.32. The number of aldehydes is 1. The van der Waals surface area contributed by atoms with Crippen LogP contribution in [-0.2, 0) is 25.5 Å². The van der Waals surface area contributed by atoms with Crippen LogP contribution >= 0.6 is 11.3 Å². The summed E-state index contributed by atoms with van der Waals surface area (Å²) in [5, 5.41) is 8.81. The molecule has 11 heteroatoms. The molecule has 1 aromatic carbocycles. The molecule has 1 saturated heterocycles. The minimum absolute atomic E-state index is 0.0371. The first-order valence-electron chi connectivity index (χ1n) is 19.6. The van der Waals surface area contributed by atoms with E-state index in [2.05, 4.69) is 50.2 Å². The number of benzene rings is 1. The van der Waals surface area contributed by atoms with E-state index in [0.717, 1.165) is 56.9 Å². The van der Waals surface area contributed by atoms with Gasteiger partial charge in [-0.2, -0.15) is 0 Å². The summed E-state index contributed by atoms with van der Waals surface area (Å²) in [5.74, 6) is -0.538. The second kappa shape index (κ2) is 22.2. The Bertz CT molecular complexity index is 1390. The Morgan fingerprint density at radius 1 is 1.04 bits per heavy atom. The molecule has 1 aromatic heterocycles. The molecule has 2 N–H and O–H groups in total. The van der Waals surface area contributed by atoms with Crippen molar-refractivity contribution in [2.75, 3.05) is 26.7 Å². The minimum Gasteiger partial charge on any atom is -0.371 e. The third-order valence-corrected chi connectivity index (χ3v) is 11.3. The molecule has 1 unspecified atom stereocenters. The van der Waals surface area contributed by atoms with Gasteiger partial charge >= 0.3 is 0 Å². The lowest BCUT2D eigenvalue weighted by Crippen LogP contribution is -2.58. The van der Waals surface area contributed by atoms with E-state index in [9.17, 15) is 19.2 Å². The van der Waals surface area contributed by atoms with Crippen molar-refractivity contribution >= 4 is 35.3 Å². The summed E-state index contributed by atoms with van der Waals surface area (Å²) in [6.45, 7) is 16.3. The van der Waals surface area contributed by atoms with Gasteiger partial charge in [-0.3, -0.25) is 19.3 Å². The highest BCUT2D eigenvalue weighted by molar-refractivity contribution is 7.09. The Labute approximate surface area is 316 Å². The molecule has 0 radical (unpaired) electrons. The van der Waals surface area contributed by atoms with E-state index in [0.29, 0.717) is 43.1 Å². The van der Waals surface area contributed by atoms with Crippen molar-refractivity contribution in [3.63, 3.8) is 0 Å². The van der Waals surface area contributed by atoms with Gasteiger partial charge in [0.15, 0.2) is 0 Å². The number of hydrogen-bond donors (Lipinski definition) is 2. The van der Waals surface area contributed by atoms with E-state index in [-0.39, 0.29) is 53.6 Å². The van der Waals surface area contributed by atoms with E-state index in [1.165, 1.54) is 11.3 Å². The normalized spacial score (nSPS) is 18.5. The molecule has 52 heavy (non-hydrogen) atoms. The number of rotatable bonds is 22. The molecule has 7 atom stereocenters. The summed E-state index contributed by atoms with van der Waals surface area (Å²) in [6.07, 6.45) is 7.38. The van der Waals surface area contributed by atoms with Crippen molar-refractivity contribution in [3.8, 4) is 0 Å². The largest absolute Gasteiger partial charge is 0.371 e. The second-order valence-electron chi connectivity index (χ2n) is 15.1. The monoisotopic (exact) mass is 739 g/mol. The summed E-state index contributed by atoms with van der Waals surface area (Å²) in [4.78, 5) is 62.2. The van der Waals surface area contributed by atoms with Crippen LogP contribution in [0.5, 0.6) is 0 Å². The molecule has 10 nitrogen and oxygen atoms in total. The number of nitrogens with one attached hydrogen (secondary N) is 2. The molecule has 0 spiro atoms. The number of thiazole rings is 1. The molecule has 1 aliphatic heterocycles. The molecule has 2 heterocycles. The van der Waals surface area contributed by atoms with Gasteiger partial charge in [-0.1, -0.05) is 91.6 Å². The third-order valence-electron chi connectivity index (χ3n) is 10.3. The SMILES string of the molecule is CCCO[C@H](CC(C(C)C)N(CCC)C(=O)[C@@H](NC(=O)[C@H]1CCCCN1C)[C@@H](C)CC)c1nc(C(=O)N[C@@H](Cc2ccccc2)C[C@H](C)C=O)cs1. The Morgan fingerprint density at radius 2 is 1.77 bits per heavy atom. The van der Waals surface area contributed by atoms with Crippen molar-refractivity contribution in [2.45, 2.75) is 137 Å². The predicted molar refractivity (Wildman–Crippen MR) is 209 cm³/mol. The summed E-state index contributed by atoms with van der Waals surface area (Å²) in [7, 11) is 1.99. The maximum Gasteiger partial charge on any atom is 0.270 e. The van der Waals surface area contributed by atoms with Crippen LogP contribution in [0, 0.1) is 17.8 Å². The fraction of sp³-hybridized carbons (Fsp3) is 0.683. The van der Waals surface area contributed by atoms with E-state index < -0.39 is 12.1 Å². The first-order valence-corrected chi connectivity index (χ1v) is 20.5. The number of ether oxygens (including phenoxy) is 1. The van der Waals surface area contributed by atoms with Crippen LogP contribution in [0.2, 0.25) is 0 Å². The molecule has 0 aliphatic carbocycles. The lowest BCUT2D eigenvalue weighted by molar-refractivity contribution is -0.143. The lowest BCUT2D eigenvalue weighted by Gasteiger charge is -2.40. The summed E-state index contributed by atoms with van der Waals surface area (Å²) < 4.78 is 6.44. The number of likely N-dealkylation sites (N-methyl/N-ethyl adjacent to an activating group) is 1. The average Bonchev–Trinajstić information content (AvgIpc) is 3.63. The van der Waals surface area contributed by atoms with Gasteiger partial charge in [0, 0.05) is 43.0 Å². The van der Waals surface area contributed by atoms with Crippen LogP contribution in [0.15, 0.2) is 35.7 Å². The van der Waals surface area contributed by atoms with Crippen LogP contribution in [0.1, 0.15) is 127 Å². The van der Waals surface area contributed by atoms with Gasteiger partial charge in [0.1, 0.15) is 29.1 Å². The maximum atomic E-state index is 14.6.